The molecule has 0 saturated carbocycles. The minimum absolute atomic E-state index is 0.207. The van der Waals surface area contributed by atoms with Gasteiger partial charge in [-0.3, -0.25) is 0 Å². The van der Waals surface area contributed by atoms with Crippen molar-refractivity contribution in [1.82, 2.24) is 10.5 Å². The van der Waals surface area contributed by atoms with Crippen molar-refractivity contribution in [3.8, 4) is 0 Å². The van der Waals surface area contributed by atoms with Gasteiger partial charge in [0.2, 0.25) is 0 Å². The lowest BCUT2D eigenvalue weighted by Gasteiger charge is -2.14. The number of nitrogens with one attached hydrogen (secondary N) is 1. The molecule has 0 aliphatic carbocycles. The highest BCUT2D eigenvalue weighted by molar-refractivity contribution is 5.02. The van der Waals surface area contributed by atoms with Crippen LogP contribution in [0.5, 0.6) is 0 Å². The molecule has 108 valence electrons. The van der Waals surface area contributed by atoms with Gasteiger partial charge in [-0.2, -0.15) is 0 Å². The van der Waals surface area contributed by atoms with Crippen molar-refractivity contribution in [3.63, 3.8) is 0 Å². The molecular formula is C13H22N2O4. The zero-order valence-electron chi connectivity index (χ0n) is 11.3. The van der Waals surface area contributed by atoms with E-state index in [1.54, 1.807) is 0 Å². The van der Waals surface area contributed by atoms with Gasteiger partial charge in [0, 0.05) is 25.8 Å². The standard InChI is InChI=1S/C13H22N2O4/c1-10-5-11(15-19-10)6-14-7-12(16)8-17-9-13-3-2-4-18-13/h5,12-14,16H,2-4,6-9H2,1H3. The summed E-state index contributed by atoms with van der Waals surface area (Å²) in [5.74, 6) is 0.789. The molecule has 2 atom stereocenters. The lowest BCUT2D eigenvalue weighted by molar-refractivity contribution is -0.0165. The number of ether oxygens (including phenoxy) is 2. The van der Waals surface area contributed by atoms with E-state index >= 15 is 0 Å². The number of aryl methyl sites for hydroxylation is 1. The van der Waals surface area contributed by atoms with Crippen LogP contribution in [0.1, 0.15) is 24.3 Å². The van der Waals surface area contributed by atoms with Crippen LogP contribution in [0.25, 0.3) is 0 Å². The molecule has 0 aromatic carbocycles. The molecule has 6 heteroatoms. The second-order valence-electron chi connectivity index (χ2n) is 4.89. The SMILES string of the molecule is Cc1cc(CNCC(O)COCC2CCCO2)no1. The molecule has 6 nitrogen and oxygen atoms in total. The fraction of sp³-hybridized carbons (Fsp3) is 0.769. The number of nitrogens with zero attached hydrogens (tertiary/aromatic N) is 1. The van der Waals surface area contributed by atoms with Crippen LogP contribution in [0, 0.1) is 6.92 Å². The van der Waals surface area contributed by atoms with Crippen molar-refractivity contribution in [2.75, 3.05) is 26.4 Å². The Balaban J connectivity index is 1.50. The number of aromatic nitrogens is 1. The highest BCUT2D eigenvalue weighted by Gasteiger charge is 2.16. The van der Waals surface area contributed by atoms with Gasteiger partial charge in [0.15, 0.2) is 0 Å². The Labute approximate surface area is 113 Å². The van der Waals surface area contributed by atoms with E-state index in [1.165, 1.54) is 0 Å². The molecule has 0 spiro atoms. The van der Waals surface area contributed by atoms with Gasteiger partial charge in [-0.15, -0.1) is 0 Å². The number of aliphatic hydroxyl groups is 1. The normalized spacial score (nSPS) is 20.8. The van der Waals surface area contributed by atoms with Crippen LogP contribution in [0.3, 0.4) is 0 Å². The molecule has 1 aromatic rings. The first-order valence-corrected chi connectivity index (χ1v) is 6.74. The largest absolute Gasteiger partial charge is 0.389 e. The first-order valence-electron chi connectivity index (χ1n) is 6.74. The van der Waals surface area contributed by atoms with E-state index in [0.717, 1.165) is 30.9 Å². The summed E-state index contributed by atoms with van der Waals surface area (Å²) in [6.45, 7) is 4.63. The van der Waals surface area contributed by atoms with E-state index in [4.69, 9.17) is 14.0 Å². The molecule has 1 aliphatic rings. The molecule has 1 aliphatic heterocycles. The molecular weight excluding hydrogens is 248 g/mol. The lowest BCUT2D eigenvalue weighted by Crippen LogP contribution is -2.31. The molecule has 1 aromatic heterocycles. The third-order valence-electron chi connectivity index (χ3n) is 3.00. The van der Waals surface area contributed by atoms with E-state index in [9.17, 15) is 5.11 Å². The summed E-state index contributed by atoms with van der Waals surface area (Å²) < 4.78 is 15.8. The third kappa shape index (κ3) is 5.28. The molecule has 19 heavy (non-hydrogen) atoms. The van der Waals surface area contributed by atoms with Crippen LogP contribution in [0.4, 0.5) is 0 Å². The monoisotopic (exact) mass is 270 g/mol. The second-order valence-corrected chi connectivity index (χ2v) is 4.89. The highest BCUT2D eigenvalue weighted by Crippen LogP contribution is 2.11. The maximum absolute atomic E-state index is 9.73. The van der Waals surface area contributed by atoms with Gasteiger partial charge >= 0.3 is 0 Å². The van der Waals surface area contributed by atoms with Gasteiger partial charge in [-0.1, -0.05) is 5.16 Å². The topological polar surface area (TPSA) is 76.8 Å². The average molecular weight is 270 g/mol. The summed E-state index contributed by atoms with van der Waals surface area (Å²) >= 11 is 0. The predicted octanol–water partition coefficient (Wildman–Crippen LogP) is 0.629. The van der Waals surface area contributed by atoms with Crippen molar-refractivity contribution in [2.45, 2.75) is 38.5 Å². The Bertz CT molecular complexity index is 363. The molecule has 0 amide bonds. The summed E-state index contributed by atoms with van der Waals surface area (Å²) in [5.41, 5.74) is 0.838. The average Bonchev–Trinajstić information content (AvgIpc) is 3.01. The maximum Gasteiger partial charge on any atom is 0.133 e. The van der Waals surface area contributed by atoms with E-state index in [-0.39, 0.29) is 6.10 Å². The quantitative estimate of drug-likeness (QED) is 0.721. The Morgan fingerprint density at radius 2 is 2.53 bits per heavy atom. The summed E-state index contributed by atoms with van der Waals surface area (Å²) in [7, 11) is 0. The molecule has 2 N–H and O–H groups in total. The molecule has 2 unspecified atom stereocenters. The molecule has 1 fully saturated rings. The van der Waals surface area contributed by atoms with Gasteiger partial charge in [-0.25, -0.2) is 0 Å². The van der Waals surface area contributed by atoms with Crippen LogP contribution < -0.4 is 5.32 Å². The van der Waals surface area contributed by atoms with Crippen molar-refractivity contribution in [1.29, 1.82) is 0 Å². The van der Waals surface area contributed by atoms with E-state index in [0.29, 0.717) is 26.3 Å². The minimum atomic E-state index is -0.519. The van der Waals surface area contributed by atoms with Crippen LogP contribution >= 0.6 is 0 Å². The zero-order valence-corrected chi connectivity index (χ0v) is 11.3. The Hall–Kier alpha value is -0.950. The van der Waals surface area contributed by atoms with E-state index in [1.807, 2.05) is 13.0 Å². The fourth-order valence-corrected chi connectivity index (χ4v) is 2.04. The van der Waals surface area contributed by atoms with Gasteiger partial charge < -0.3 is 24.4 Å². The first kappa shape index (κ1) is 14.5. The maximum atomic E-state index is 9.73. The molecule has 0 radical (unpaired) electrons. The van der Waals surface area contributed by atoms with Crippen molar-refractivity contribution >= 4 is 0 Å². The van der Waals surface area contributed by atoms with Crippen molar-refractivity contribution in [3.05, 3.63) is 17.5 Å². The molecule has 0 bridgehead atoms. The number of aliphatic hydroxyl groups excluding tert-OH is 1. The summed E-state index contributed by atoms with van der Waals surface area (Å²) in [5, 5.41) is 16.7. The number of hydrogen-bond acceptors (Lipinski definition) is 6. The van der Waals surface area contributed by atoms with Gasteiger partial charge in [0.25, 0.3) is 0 Å². The number of hydrogen-bond donors (Lipinski definition) is 2. The third-order valence-corrected chi connectivity index (χ3v) is 3.00. The van der Waals surface area contributed by atoms with E-state index in [2.05, 4.69) is 10.5 Å². The molecule has 2 rings (SSSR count). The van der Waals surface area contributed by atoms with Crippen molar-refractivity contribution in [2.24, 2.45) is 0 Å². The van der Waals surface area contributed by atoms with Gasteiger partial charge in [0.05, 0.1) is 31.1 Å². The van der Waals surface area contributed by atoms with Crippen molar-refractivity contribution < 1.29 is 19.1 Å². The van der Waals surface area contributed by atoms with Gasteiger partial charge in [-0.05, 0) is 19.8 Å². The highest BCUT2D eigenvalue weighted by atomic mass is 16.5. The summed E-state index contributed by atoms with van der Waals surface area (Å²) in [4.78, 5) is 0. The summed E-state index contributed by atoms with van der Waals surface area (Å²) in [6, 6.07) is 1.87. The van der Waals surface area contributed by atoms with Crippen LogP contribution in [-0.4, -0.2) is 48.8 Å². The lowest BCUT2D eigenvalue weighted by atomic mass is 10.2. The molecule has 2 heterocycles. The first-order chi connectivity index (χ1) is 9.24. The fourth-order valence-electron chi connectivity index (χ4n) is 2.04. The Morgan fingerprint density at radius 3 is 3.21 bits per heavy atom. The Kier molecular flexibility index (Phi) is 5.78. The van der Waals surface area contributed by atoms with E-state index < -0.39 is 6.10 Å². The smallest absolute Gasteiger partial charge is 0.133 e. The van der Waals surface area contributed by atoms with Crippen LogP contribution in [0.2, 0.25) is 0 Å². The molecule has 1 saturated heterocycles. The predicted molar refractivity (Wildman–Crippen MR) is 68.7 cm³/mol. The summed E-state index contributed by atoms with van der Waals surface area (Å²) in [6.07, 6.45) is 1.85. The van der Waals surface area contributed by atoms with Crippen LogP contribution in [-0.2, 0) is 16.0 Å². The second kappa shape index (κ2) is 7.59. The Morgan fingerprint density at radius 1 is 1.63 bits per heavy atom. The van der Waals surface area contributed by atoms with Crippen LogP contribution in [0.15, 0.2) is 10.6 Å². The number of rotatable bonds is 8. The minimum Gasteiger partial charge on any atom is -0.389 e. The van der Waals surface area contributed by atoms with Gasteiger partial charge in [0.1, 0.15) is 5.76 Å². The zero-order chi connectivity index (χ0) is 13.5.